The van der Waals surface area contributed by atoms with Crippen LogP contribution in [0.2, 0.25) is 0 Å². The third kappa shape index (κ3) is 1.84. The smallest absolute Gasteiger partial charge is 0.137 e. The van der Waals surface area contributed by atoms with Crippen molar-refractivity contribution in [2.24, 2.45) is 0 Å². The first-order chi connectivity index (χ1) is 9.26. The number of nitrogens with one attached hydrogen (secondary N) is 1. The molecule has 1 aromatic rings. The molecular weight excluding hydrogens is 236 g/mol. The van der Waals surface area contributed by atoms with Gasteiger partial charge in [-0.25, -0.2) is 0 Å². The molecule has 0 heterocycles. The van der Waals surface area contributed by atoms with Gasteiger partial charge in [0.2, 0.25) is 0 Å². The van der Waals surface area contributed by atoms with Crippen LogP contribution in [0.15, 0.2) is 41.5 Å². The Balaban J connectivity index is 2.82. The minimum Gasteiger partial charge on any atom is -0.258 e. The first-order valence-corrected chi connectivity index (χ1v) is 5.33. The SMILES string of the molecule is N#CC(=C=N)C1=CC(=C(C#N)C#N)c2ccccc21. The second-order valence-electron chi connectivity index (χ2n) is 3.73. The van der Waals surface area contributed by atoms with Gasteiger partial charge in [0.25, 0.3) is 0 Å². The molecule has 0 amide bonds. The van der Waals surface area contributed by atoms with Crippen molar-refractivity contribution < 1.29 is 0 Å². The van der Waals surface area contributed by atoms with Crippen molar-refractivity contribution in [3.63, 3.8) is 0 Å². The first-order valence-electron chi connectivity index (χ1n) is 5.33. The maximum absolute atomic E-state index is 8.99. The van der Waals surface area contributed by atoms with Crippen molar-refractivity contribution in [1.82, 2.24) is 0 Å². The van der Waals surface area contributed by atoms with Gasteiger partial charge in [-0.1, -0.05) is 24.3 Å². The molecule has 0 bridgehead atoms. The van der Waals surface area contributed by atoms with Gasteiger partial charge in [0.05, 0.1) is 0 Å². The summed E-state index contributed by atoms with van der Waals surface area (Å²) in [6, 6.07) is 12.7. The Morgan fingerprint density at radius 1 is 0.947 bits per heavy atom. The molecule has 1 N–H and O–H groups in total. The van der Waals surface area contributed by atoms with E-state index < -0.39 is 0 Å². The number of fused-ring (bicyclic) bond motifs is 1. The summed E-state index contributed by atoms with van der Waals surface area (Å²) < 4.78 is 0. The molecule has 4 heteroatoms. The number of nitrogens with zero attached hydrogens (tertiary/aromatic N) is 3. The van der Waals surface area contributed by atoms with E-state index in [9.17, 15) is 0 Å². The third-order valence-electron chi connectivity index (χ3n) is 2.80. The van der Waals surface area contributed by atoms with E-state index in [2.05, 4.69) is 5.87 Å². The fourth-order valence-electron chi connectivity index (χ4n) is 1.97. The van der Waals surface area contributed by atoms with Crippen molar-refractivity contribution in [3.05, 3.63) is 52.6 Å². The summed E-state index contributed by atoms with van der Waals surface area (Å²) in [4.78, 5) is 0. The van der Waals surface area contributed by atoms with E-state index in [0.29, 0.717) is 11.1 Å². The van der Waals surface area contributed by atoms with E-state index in [1.165, 1.54) is 0 Å². The fraction of sp³-hybridized carbons (Fsp3) is 0. The molecule has 0 fully saturated rings. The summed E-state index contributed by atoms with van der Waals surface area (Å²) in [6.45, 7) is 0. The second-order valence-corrected chi connectivity index (χ2v) is 3.73. The molecule has 0 aliphatic heterocycles. The minimum absolute atomic E-state index is 0.00952. The predicted molar refractivity (Wildman–Crippen MR) is 69.4 cm³/mol. The van der Waals surface area contributed by atoms with Gasteiger partial charge in [0, 0.05) is 11.1 Å². The van der Waals surface area contributed by atoms with Crippen LogP contribution in [0.5, 0.6) is 0 Å². The lowest BCUT2D eigenvalue weighted by Crippen LogP contribution is -1.87. The maximum Gasteiger partial charge on any atom is 0.137 e. The number of allylic oxidation sites excluding steroid dienone is 5. The summed E-state index contributed by atoms with van der Waals surface area (Å²) in [6.07, 6.45) is 1.59. The van der Waals surface area contributed by atoms with Gasteiger partial charge in [-0.15, -0.1) is 0 Å². The Morgan fingerprint density at radius 2 is 1.58 bits per heavy atom. The van der Waals surface area contributed by atoms with Crippen molar-refractivity contribution in [3.8, 4) is 18.2 Å². The third-order valence-corrected chi connectivity index (χ3v) is 2.80. The molecule has 1 aliphatic carbocycles. The first kappa shape index (κ1) is 12.1. The zero-order chi connectivity index (χ0) is 13.8. The Kier molecular flexibility index (Phi) is 3.09. The van der Waals surface area contributed by atoms with Gasteiger partial charge in [0.1, 0.15) is 29.4 Å². The molecule has 0 spiro atoms. The van der Waals surface area contributed by atoms with E-state index in [0.717, 1.165) is 11.1 Å². The number of hydrogen-bond donors (Lipinski definition) is 1. The lowest BCUT2D eigenvalue weighted by Gasteiger charge is -2.02. The Labute approximate surface area is 110 Å². The van der Waals surface area contributed by atoms with Crippen LogP contribution in [0, 0.1) is 39.4 Å². The number of rotatable bonds is 1. The maximum atomic E-state index is 8.99. The molecule has 0 saturated heterocycles. The standard InChI is InChI=1S/C15H6N4/c16-6-10(7-17)14-5-15(11(8-18)9-19)13-4-2-1-3-12(13)14/h1-5,16H. The molecule has 0 saturated carbocycles. The molecule has 4 nitrogen and oxygen atoms in total. The Morgan fingerprint density at radius 3 is 2.11 bits per heavy atom. The van der Waals surface area contributed by atoms with E-state index in [1.54, 1.807) is 30.3 Å². The largest absolute Gasteiger partial charge is 0.258 e. The Bertz CT molecular complexity index is 782. The van der Waals surface area contributed by atoms with Gasteiger partial charge in [-0.05, 0) is 23.1 Å². The summed E-state index contributed by atoms with van der Waals surface area (Å²) in [7, 11) is 0. The van der Waals surface area contributed by atoms with Crippen LogP contribution in [-0.4, -0.2) is 5.87 Å². The molecule has 19 heavy (non-hydrogen) atoms. The second kappa shape index (κ2) is 4.86. The predicted octanol–water partition coefficient (Wildman–Crippen LogP) is 2.58. The van der Waals surface area contributed by atoms with Crippen molar-refractivity contribution in [2.45, 2.75) is 0 Å². The van der Waals surface area contributed by atoms with Crippen LogP contribution in [0.4, 0.5) is 0 Å². The number of hydrogen-bond acceptors (Lipinski definition) is 4. The molecule has 0 atom stereocenters. The van der Waals surface area contributed by atoms with Gasteiger partial charge < -0.3 is 0 Å². The quantitative estimate of drug-likeness (QED) is 0.605. The minimum atomic E-state index is -0.00952. The van der Waals surface area contributed by atoms with Gasteiger partial charge in [0.15, 0.2) is 0 Å². The summed E-state index contributed by atoms with van der Waals surface area (Å²) in [5.41, 5.74) is 2.53. The van der Waals surface area contributed by atoms with Crippen LogP contribution in [0.1, 0.15) is 11.1 Å². The molecule has 86 valence electrons. The van der Waals surface area contributed by atoms with Crippen LogP contribution < -0.4 is 0 Å². The topological polar surface area (TPSA) is 95.2 Å². The van der Waals surface area contributed by atoms with Crippen LogP contribution in [0.25, 0.3) is 11.1 Å². The van der Waals surface area contributed by atoms with E-state index in [1.807, 2.05) is 18.2 Å². The van der Waals surface area contributed by atoms with Crippen molar-refractivity contribution >= 4 is 17.0 Å². The monoisotopic (exact) mass is 242 g/mol. The average molecular weight is 242 g/mol. The fourth-order valence-corrected chi connectivity index (χ4v) is 1.97. The molecule has 1 aliphatic rings. The van der Waals surface area contributed by atoms with E-state index in [4.69, 9.17) is 21.2 Å². The molecule has 0 radical (unpaired) electrons. The molecule has 2 rings (SSSR count). The highest BCUT2D eigenvalue weighted by molar-refractivity contribution is 6.07. The van der Waals surface area contributed by atoms with Gasteiger partial charge in [-0.3, -0.25) is 5.41 Å². The number of benzene rings is 1. The van der Waals surface area contributed by atoms with Crippen molar-refractivity contribution in [1.29, 1.82) is 21.2 Å². The zero-order valence-corrected chi connectivity index (χ0v) is 9.73. The molecular formula is C15H6N4. The van der Waals surface area contributed by atoms with E-state index in [-0.39, 0.29) is 11.1 Å². The summed E-state index contributed by atoms with van der Waals surface area (Å²) in [5.74, 6) is 2.08. The van der Waals surface area contributed by atoms with Gasteiger partial charge >= 0.3 is 0 Å². The average Bonchev–Trinajstić information content (AvgIpc) is 2.82. The zero-order valence-electron chi connectivity index (χ0n) is 9.73. The Hall–Kier alpha value is -3.38. The van der Waals surface area contributed by atoms with Crippen LogP contribution >= 0.6 is 0 Å². The summed E-state index contributed by atoms with van der Waals surface area (Å²) >= 11 is 0. The molecule has 0 unspecified atom stereocenters. The molecule has 0 aromatic heterocycles. The molecule has 1 aromatic carbocycles. The normalized spacial score (nSPS) is 11.2. The van der Waals surface area contributed by atoms with Crippen molar-refractivity contribution in [2.75, 3.05) is 0 Å². The highest BCUT2D eigenvalue weighted by atomic mass is 14.4. The van der Waals surface area contributed by atoms with E-state index >= 15 is 0 Å². The highest BCUT2D eigenvalue weighted by Gasteiger charge is 2.23. The van der Waals surface area contributed by atoms with Gasteiger partial charge in [-0.2, -0.15) is 15.8 Å². The lowest BCUT2D eigenvalue weighted by atomic mass is 9.99. The van der Waals surface area contributed by atoms with Crippen LogP contribution in [-0.2, 0) is 0 Å². The number of nitriles is 3. The summed E-state index contributed by atoms with van der Waals surface area (Å²) in [5, 5.41) is 34.1. The lowest BCUT2D eigenvalue weighted by molar-refractivity contribution is 1.46. The highest BCUT2D eigenvalue weighted by Crippen LogP contribution is 2.39. The van der Waals surface area contributed by atoms with Crippen LogP contribution in [0.3, 0.4) is 0 Å².